The van der Waals surface area contributed by atoms with Crippen LogP contribution in [0.3, 0.4) is 0 Å². The highest BCUT2D eigenvalue weighted by Crippen LogP contribution is 2.41. The van der Waals surface area contributed by atoms with Crippen molar-refractivity contribution in [3.8, 4) is 0 Å². The van der Waals surface area contributed by atoms with Crippen molar-refractivity contribution >= 4 is 28.9 Å². The van der Waals surface area contributed by atoms with Crippen molar-refractivity contribution in [3.63, 3.8) is 0 Å². The molecule has 0 amide bonds. The van der Waals surface area contributed by atoms with Gasteiger partial charge in [0, 0.05) is 29.1 Å². The molecule has 2 aromatic rings. The Hall–Kier alpha value is -2.25. The van der Waals surface area contributed by atoms with Gasteiger partial charge in [-0.15, -0.1) is 0 Å². The number of carboxylic acids is 1. The first kappa shape index (κ1) is 22.0. The molecule has 0 aliphatic heterocycles. The van der Waals surface area contributed by atoms with Gasteiger partial charge in [0.15, 0.2) is 6.10 Å². The summed E-state index contributed by atoms with van der Waals surface area (Å²) in [4.78, 5) is 11.1. The van der Waals surface area contributed by atoms with E-state index in [2.05, 4.69) is 5.32 Å². The number of ether oxygens (including phenoxy) is 1. The molecule has 2 aromatic carbocycles. The predicted octanol–water partition coefficient (Wildman–Crippen LogP) is 6.30. The van der Waals surface area contributed by atoms with Crippen LogP contribution < -0.4 is 5.32 Å². The highest BCUT2D eigenvalue weighted by Gasteiger charge is 2.42. The maximum Gasteiger partial charge on any atom is 0.418 e. The Balaban J connectivity index is 2.51. The van der Waals surface area contributed by atoms with Gasteiger partial charge in [-0.05, 0) is 48.2 Å². The van der Waals surface area contributed by atoms with Gasteiger partial charge in [-0.25, -0.2) is 0 Å². The number of anilines is 2. The molecule has 0 heterocycles. The van der Waals surface area contributed by atoms with Crippen LogP contribution in [0.4, 0.5) is 24.5 Å². The molecular weight excluding hydrogens is 395 g/mol. The molecule has 0 aromatic heterocycles. The van der Waals surface area contributed by atoms with Gasteiger partial charge in [0.25, 0.3) is 0 Å². The van der Waals surface area contributed by atoms with Crippen molar-refractivity contribution in [1.82, 2.24) is 0 Å². The molecule has 0 spiro atoms. The van der Waals surface area contributed by atoms with Gasteiger partial charge in [-0.1, -0.05) is 30.7 Å². The Kier molecular flexibility index (Phi) is 7.32. The Morgan fingerprint density at radius 3 is 2.36 bits per heavy atom. The highest BCUT2D eigenvalue weighted by molar-refractivity contribution is 6.30. The van der Waals surface area contributed by atoms with Crippen LogP contribution in [0.5, 0.6) is 0 Å². The number of alkyl halides is 3. The number of aliphatic carboxylic acids is 1. The summed E-state index contributed by atoms with van der Waals surface area (Å²) in [6.07, 6.45) is -6.28. The molecule has 28 heavy (non-hydrogen) atoms. The molecule has 0 radical (unpaired) electrons. The summed E-state index contributed by atoms with van der Waals surface area (Å²) in [5.74, 6) is -1.28. The Morgan fingerprint density at radius 2 is 1.86 bits per heavy atom. The molecule has 152 valence electrons. The molecule has 4 nitrogen and oxygen atoms in total. The summed E-state index contributed by atoms with van der Waals surface area (Å²) in [7, 11) is 0.997. The van der Waals surface area contributed by atoms with Crippen LogP contribution in [0.1, 0.15) is 42.9 Å². The van der Waals surface area contributed by atoms with Gasteiger partial charge in [0.05, 0.1) is 6.42 Å². The number of hydrogen-bond acceptors (Lipinski definition) is 3. The third-order valence-electron chi connectivity index (χ3n) is 4.40. The Bertz CT molecular complexity index is 809. The maximum absolute atomic E-state index is 13.4. The predicted molar refractivity (Wildman–Crippen MR) is 102 cm³/mol. The van der Waals surface area contributed by atoms with E-state index in [1.165, 1.54) is 12.1 Å². The molecule has 2 N–H and O–H groups in total. The zero-order chi connectivity index (χ0) is 20.9. The van der Waals surface area contributed by atoms with Gasteiger partial charge in [0.1, 0.15) is 0 Å². The number of halogens is 4. The van der Waals surface area contributed by atoms with E-state index in [-0.39, 0.29) is 23.6 Å². The standard InChI is InChI=1S/C20H21ClF3NO3/c1-3-12(11-18(26)27)13-4-9-16(19(28-2)20(22,23)24)17(10-13)25-15-7-5-14(21)6-8-15/h4-10,12,19,25H,3,11H2,1-2H3,(H,26,27)/t12-,19-/m0/s1. The first-order valence-corrected chi connectivity index (χ1v) is 9.01. The van der Waals surface area contributed by atoms with Crippen LogP contribution in [0.25, 0.3) is 0 Å². The normalized spacial score (nSPS) is 13.8. The van der Waals surface area contributed by atoms with Crippen molar-refractivity contribution in [3.05, 3.63) is 58.6 Å². The number of benzene rings is 2. The largest absolute Gasteiger partial charge is 0.481 e. The van der Waals surface area contributed by atoms with E-state index >= 15 is 0 Å². The van der Waals surface area contributed by atoms with Crippen molar-refractivity contribution in [2.24, 2.45) is 0 Å². The lowest BCUT2D eigenvalue weighted by Crippen LogP contribution is -2.23. The van der Waals surface area contributed by atoms with Crippen LogP contribution in [0.2, 0.25) is 5.02 Å². The van der Waals surface area contributed by atoms with E-state index in [4.69, 9.17) is 21.4 Å². The zero-order valence-electron chi connectivity index (χ0n) is 15.4. The van der Waals surface area contributed by atoms with Gasteiger partial charge in [-0.2, -0.15) is 13.2 Å². The molecule has 0 aliphatic rings. The molecule has 0 unspecified atom stereocenters. The van der Waals surface area contributed by atoms with E-state index in [0.717, 1.165) is 7.11 Å². The smallest absolute Gasteiger partial charge is 0.418 e. The van der Waals surface area contributed by atoms with E-state index in [0.29, 0.717) is 22.7 Å². The maximum atomic E-state index is 13.4. The van der Waals surface area contributed by atoms with Crippen molar-refractivity contribution < 1.29 is 27.8 Å². The number of hydrogen-bond donors (Lipinski definition) is 2. The number of nitrogens with one attached hydrogen (secondary N) is 1. The number of carboxylic acid groups (broad SMARTS) is 1. The fourth-order valence-electron chi connectivity index (χ4n) is 3.00. The lowest BCUT2D eigenvalue weighted by molar-refractivity contribution is -0.215. The van der Waals surface area contributed by atoms with Gasteiger partial charge >= 0.3 is 12.1 Å². The SMILES string of the molecule is CC[C@@H](CC(=O)O)c1ccc([C@H](OC)C(F)(F)F)c(Nc2ccc(Cl)cc2)c1. The molecule has 2 atom stereocenters. The average molecular weight is 416 g/mol. The summed E-state index contributed by atoms with van der Waals surface area (Å²) in [5.41, 5.74) is 1.31. The summed E-state index contributed by atoms with van der Waals surface area (Å²) in [5, 5.41) is 12.6. The van der Waals surface area contributed by atoms with E-state index in [1.807, 2.05) is 6.92 Å². The second-order valence-corrected chi connectivity index (χ2v) is 6.78. The monoisotopic (exact) mass is 415 g/mol. The molecule has 2 rings (SSSR count). The number of rotatable bonds is 8. The van der Waals surface area contributed by atoms with E-state index in [9.17, 15) is 18.0 Å². The zero-order valence-corrected chi connectivity index (χ0v) is 16.1. The minimum Gasteiger partial charge on any atom is -0.481 e. The molecule has 0 saturated carbocycles. The first-order chi connectivity index (χ1) is 13.2. The van der Waals surface area contributed by atoms with E-state index in [1.54, 1.807) is 30.3 Å². The molecule has 8 heteroatoms. The summed E-state index contributed by atoms with van der Waals surface area (Å²) >= 11 is 5.86. The topological polar surface area (TPSA) is 58.6 Å². The van der Waals surface area contributed by atoms with Gasteiger partial charge in [0.2, 0.25) is 0 Å². The molecular formula is C20H21ClF3NO3. The average Bonchev–Trinajstić information content (AvgIpc) is 2.62. The van der Waals surface area contributed by atoms with Crippen LogP contribution in [0, 0.1) is 0 Å². The second-order valence-electron chi connectivity index (χ2n) is 6.34. The minimum atomic E-state index is -4.60. The third kappa shape index (κ3) is 5.62. The minimum absolute atomic E-state index is 0.0844. The fourth-order valence-corrected chi connectivity index (χ4v) is 3.13. The fraction of sp³-hybridized carbons (Fsp3) is 0.350. The van der Waals surface area contributed by atoms with Gasteiger partial charge in [-0.3, -0.25) is 4.79 Å². The third-order valence-corrected chi connectivity index (χ3v) is 4.65. The molecule has 0 bridgehead atoms. The number of carbonyl (C=O) groups is 1. The Morgan fingerprint density at radius 1 is 1.21 bits per heavy atom. The second kappa shape index (κ2) is 9.30. The summed E-state index contributed by atoms with van der Waals surface area (Å²) in [6, 6.07) is 10.9. The van der Waals surface area contributed by atoms with Crippen LogP contribution in [-0.2, 0) is 9.53 Å². The lowest BCUT2D eigenvalue weighted by atomic mass is 9.91. The van der Waals surface area contributed by atoms with Crippen molar-refractivity contribution in [1.29, 1.82) is 0 Å². The van der Waals surface area contributed by atoms with Crippen molar-refractivity contribution in [2.75, 3.05) is 12.4 Å². The van der Waals surface area contributed by atoms with Crippen molar-refractivity contribution in [2.45, 2.75) is 38.0 Å². The molecule has 0 fully saturated rings. The molecule has 0 saturated heterocycles. The van der Waals surface area contributed by atoms with E-state index < -0.39 is 18.2 Å². The molecule has 0 aliphatic carbocycles. The Labute approximate surface area is 166 Å². The van der Waals surface area contributed by atoms with Crippen LogP contribution in [-0.4, -0.2) is 24.4 Å². The highest BCUT2D eigenvalue weighted by atomic mass is 35.5. The summed E-state index contributed by atoms with van der Waals surface area (Å²) < 4.78 is 45.0. The summed E-state index contributed by atoms with van der Waals surface area (Å²) in [6.45, 7) is 1.83. The first-order valence-electron chi connectivity index (χ1n) is 8.63. The lowest BCUT2D eigenvalue weighted by Gasteiger charge is -2.24. The quantitative estimate of drug-likeness (QED) is 0.531. The van der Waals surface area contributed by atoms with Gasteiger partial charge < -0.3 is 15.2 Å². The van der Waals surface area contributed by atoms with Crippen LogP contribution in [0.15, 0.2) is 42.5 Å². The number of methoxy groups -OCH3 is 1. The van der Waals surface area contributed by atoms with Crippen LogP contribution >= 0.6 is 11.6 Å².